The first-order chi connectivity index (χ1) is 5.61. The average Bonchev–Trinajstić information content (AvgIpc) is 2.43. The second-order valence-corrected chi connectivity index (χ2v) is 4.22. The molecular weight excluding hydrogens is 390 g/mol. The molecule has 4 nitrogen and oxygen atoms in total. The monoisotopic (exact) mass is 390 g/mol. The zero-order valence-corrected chi connectivity index (χ0v) is 9.70. The molecule has 0 fully saturated rings. The van der Waals surface area contributed by atoms with Crippen LogP contribution in [0.1, 0.15) is 0 Å². The fourth-order valence-electron chi connectivity index (χ4n) is 0.842. The Morgan fingerprint density at radius 2 is 1.17 bits per heavy atom. The zero-order chi connectivity index (χ0) is 8.88. The summed E-state index contributed by atoms with van der Waals surface area (Å²) >= 11 is 3.57. The molecule has 62 valence electrons. The quantitative estimate of drug-likeness (QED) is 0.464. The average molecular weight is 390 g/mol. The number of hydrogen-bond acceptors (Lipinski definition) is 4. The lowest BCUT2D eigenvalue weighted by atomic mass is 10.4. The predicted molar refractivity (Wildman–Crippen MR) is 54.3 cm³/mol. The van der Waals surface area contributed by atoms with Crippen LogP contribution in [0.2, 0.25) is 0 Å². The van der Waals surface area contributed by atoms with Crippen molar-refractivity contribution in [3.8, 4) is 0 Å². The van der Waals surface area contributed by atoms with Gasteiger partial charge in [0.1, 0.15) is 7.16 Å². The summed E-state index contributed by atoms with van der Waals surface area (Å²) in [7, 11) is 0. The summed E-state index contributed by atoms with van der Waals surface area (Å²) in [5.41, 5.74) is 0. The van der Waals surface area contributed by atoms with Crippen LogP contribution >= 0.6 is 45.2 Å². The van der Waals surface area contributed by atoms with E-state index < -0.39 is 11.9 Å². The fourth-order valence-corrected chi connectivity index (χ4v) is 1.77. The van der Waals surface area contributed by atoms with Gasteiger partial charge in [0.05, 0.1) is 0 Å². The Hall–Kier alpha value is -0.120. The van der Waals surface area contributed by atoms with Crippen molar-refractivity contribution in [3.05, 3.63) is 18.7 Å². The van der Waals surface area contributed by atoms with Crippen LogP contribution < -0.4 is 0 Å². The van der Waals surface area contributed by atoms with Crippen molar-refractivity contribution in [2.24, 2.45) is 0 Å². The summed E-state index contributed by atoms with van der Waals surface area (Å²) in [4.78, 5) is 21.8. The zero-order valence-electron chi connectivity index (χ0n) is 5.39. The summed E-state index contributed by atoms with van der Waals surface area (Å²) in [6.07, 6.45) is 0. The third-order valence-electron chi connectivity index (χ3n) is 1.35. The Morgan fingerprint density at radius 1 is 0.833 bits per heavy atom. The number of rotatable bonds is 0. The standard InChI is InChI=1S/C6I2O4/c7-1-3-4(12-5(1)9)2(8)6(10)11-3. The van der Waals surface area contributed by atoms with Gasteiger partial charge in [-0.1, -0.05) is 0 Å². The number of carbonyl (C=O) groups is 2. The van der Waals surface area contributed by atoms with Gasteiger partial charge < -0.3 is 9.47 Å². The van der Waals surface area contributed by atoms with Crippen molar-refractivity contribution in [1.82, 2.24) is 0 Å². The van der Waals surface area contributed by atoms with E-state index >= 15 is 0 Å². The van der Waals surface area contributed by atoms with Gasteiger partial charge in [0.25, 0.3) is 0 Å². The van der Waals surface area contributed by atoms with Crippen LogP contribution in [0, 0.1) is 0 Å². The highest BCUT2D eigenvalue weighted by Gasteiger charge is 2.40. The molecule has 0 aromatic heterocycles. The molecule has 6 heteroatoms. The number of ether oxygens (including phenoxy) is 2. The van der Waals surface area contributed by atoms with Crippen LogP contribution in [0.15, 0.2) is 18.7 Å². The molecule has 2 heterocycles. The molecule has 12 heavy (non-hydrogen) atoms. The van der Waals surface area contributed by atoms with Gasteiger partial charge in [-0.15, -0.1) is 0 Å². The predicted octanol–water partition coefficient (Wildman–Crippen LogP) is 1.39. The smallest absolute Gasteiger partial charge is 0.353 e. The highest BCUT2D eigenvalue weighted by Crippen LogP contribution is 2.40. The molecule has 0 aliphatic carbocycles. The minimum Gasteiger partial charge on any atom is -0.417 e. The molecule has 0 amide bonds. The molecule has 2 aliphatic rings. The second-order valence-electron chi connectivity index (χ2n) is 2.07. The Kier molecular flexibility index (Phi) is 1.90. The molecular formula is C6I2O4. The van der Waals surface area contributed by atoms with Crippen molar-refractivity contribution in [2.75, 3.05) is 0 Å². The molecule has 0 aromatic rings. The number of esters is 2. The van der Waals surface area contributed by atoms with Gasteiger partial charge in [0.15, 0.2) is 11.5 Å². The SMILES string of the molecule is O=C1OC2=C(I)C(=O)OC2=C1I. The third-order valence-corrected chi connectivity index (χ3v) is 3.21. The molecule has 0 N–H and O–H groups in total. The van der Waals surface area contributed by atoms with E-state index in [-0.39, 0.29) is 11.5 Å². The van der Waals surface area contributed by atoms with Crippen LogP contribution in [-0.4, -0.2) is 11.9 Å². The van der Waals surface area contributed by atoms with Gasteiger partial charge in [-0.05, 0) is 45.2 Å². The summed E-state index contributed by atoms with van der Waals surface area (Å²) in [5, 5.41) is 0. The number of carbonyl (C=O) groups excluding carboxylic acids is 2. The van der Waals surface area contributed by atoms with E-state index in [0.717, 1.165) is 0 Å². The summed E-state index contributed by atoms with van der Waals surface area (Å²) in [6.45, 7) is 0. The highest BCUT2D eigenvalue weighted by atomic mass is 127. The van der Waals surface area contributed by atoms with Crippen LogP contribution in [-0.2, 0) is 19.1 Å². The fraction of sp³-hybridized carbons (Fsp3) is 0. The molecule has 0 atom stereocenters. The Bertz CT molecular complexity index is 330. The lowest BCUT2D eigenvalue weighted by Crippen LogP contribution is -1.99. The molecule has 2 aliphatic heterocycles. The van der Waals surface area contributed by atoms with Crippen LogP contribution in [0.3, 0.4) is 0 Å². The molecule has 0 aromatic carbocycles. The maximum atomic E-state index is 10.9. The van der Waals surface area contributed by atoms with Crippen LogP contribution in [0.5, 0.6) is 0 Å². The molecule has 0 spiro atoms. The number of halogens is 2. The van der Waals surface area contributed by atoms with Crippen LogP contribution in [0.25, 0.3) is 0 Å². The van der Waals surface area contributed by atoms with E-state index in [1.165, 1.54) is 0 Å². The maximum Gasteiger partial charge on any atom is 0.353 e. The van der Waals surface area contributed by atoms with Gasteiger partial charge in [-0.25, -0.2) is 9.59 Å². The van der Waals surface area contributed by atoms with Crippen molar-refractivity contribution in [1.29, 1.82) is 0 Å². The summed E-state index contributed by atoms with van der Waals surface area (Å²) in [6, 6.07) is 0. The van der Waals surface area contributed by atoms with Gasteiger partial charge in [0.2, 0.25) is 0 Å². The van der Waals surface area contributed by atoms with Crippen molar-refractivity contribution in [3.63, 3.8) is 0 Å². The topological polar surface area (TPSA) is 52.6 Å². The van der Waals surface area contributed by atoms with Gasteiger partial charge in [0, 0.05) is 0 Å². The summed E-state index contributed by atoms with van der Waals surface area (Å²) < 4.78 is 10.2. The van der Waals surface area contributed by atoms with E-state index in [1.54, 1.807) is 45.2 Å². The molecule has 0 saturated carbocycles. The molecule has 0 unspecified atom stereocenters. The lowest BCUT2D eigenvalue weighted by molar-refractivity contribution is -0.132. The molecule has 0 saturated heterocycles. The van der Waals surface area contributed by atoms with E-state index in [4.69, 9.17) is 9.47 Å². The first-order valence-corrected chi connectivity index (χ1v) is 5.01. The second kappa shape index (κ2) is 2.69. The van der Waals surface area contributed by atoms with Gasteiger partial charge in [-0.2, -0.15) is 0 Å². The third kappa shape index (κ3) is 1.00. The van der Waals surface area contributed by atoms with Gasteiger partial charge >= 0.3 is 11.9 Å². The summed E-state index contributed by atoms with van der Waals surface area (Å²) in [5.74, 6) is -0.394. The van der Waals surface area contributed by atoms with E-state index in [1.807, 2.05) is 0 Å². The van der Waals surface area contributed by atoms with Crippen molar-refractivity contribution >= 4 is 57.1 Å². The highest BCUT2D eigenvalue weighted by molar-refractivity contribution is 14.1. The molecule has 2 rings (SSSR count). The van der Waals surface area contributed by atoms with Crippen molar-refractivity contribution < 1.29 is 19.1 Å². The largest absolute Gasteiger partial charge is 0.417 e. The Morgan fingerprint density at radius 3 is 1.50 bits per heavy atom. The first-order valence-electron chi connectivity index (χ1n) is 2.85. The van der Waals surface area contributed by atoms with Crippen LogP contribution in [0.4, 0.5) is 0 Å². The minimum absolute atomic E-state index is 0.259. The van der Waals surface area contributed by atoms with Gasteiger partial charge in [-0.3, -0.25) is 0 Å². The van der Waals surface area contributed by atoms with Crippen molar-refractivity contribution in [2.45, 2.75) is 0 Å². The number of hydrogen-bond donors (Lipinski definition) is 0. The lowest BCUT2D eigenvalue weighted by Gasteiger charge is -1.90. The first kappa shape index (κ1) is 8.48. The van der Waals surface area contributed by atoms with E-state index in [9.17, 15) is 9.59 Å². The normalized spacial score (nSPS) is 21.5. The Labute approximate surface area is 94.2 Å². The van der Waals surface area contributed by atoms with E-state index in [0.29, 0.717) is 7.16 Å². The van der Waals surface area contributed by atoms with E-state index in [2.05, 4.69) is 0 Å². The minimum atomic E-state index is -0.456. The molecule has 0 radical (unpaired) electrons. The number of fused-ring (bicyclic) bond motifs is 1. The Balaban J connectivity index is 2.59. The molecule has 0 bridgehead atoms. The maximum absolute atomic E-state index is 10.9.